The molecule has 0 saturated carbocycles. The van der Waals surface area contributed by atoms with E-state index in [1.54, 1.807) is 0 Å². The molecule has 40 heavy (non-hydrogen) atoms. The predicted molar refractivity (Wildman–Crippen MR) is 170 cm³/mol. The third-order valence-corrected chi connectivity index (χ3v) is 16.7. The Balaban J connectivity index is 0.000000155. The summed E-state index contributed by atoms with van der Waals surface area (Å²) in [7, 11) is 0. The van der Waals surface area contributed by atoms with Crippen LogP contribution in [0.15, 0.2) is 143 Å². The van der Waals surface area contributed by atoms with Crippen LogP contribution in [0.3, 0.4) is 0 Å². The maximum atomic E-state index is 5.46. The second-order valence-electron chi connectivity index (χ2n) is 10.2. The third-order valence-electron chi connectivity index (χ3n) is 7.05. The van der Waals surface area contributed by atoms with E-state index in [4.69, 9.17) is 23.2 Å². The summed E-state index contributed by atoms with van der Waals surface area (Å²) in [6, 6.07) is 21.5. The van der Waals surface area contributed by atoms with E-state index in [9.17, 15) is 0 Å². The molecule has 0 fully saturated rings. The normalized spacial score (nSPS) is 20.5. The maximum absolute atomic E-state index is 5.46. The fourth-order valence-corrected chi connectivity index (χ4v) is 5.13. The number of rotatable bonds is 3. The zero-order valence-corrected chi connectivity index (χ0v) is 29.4. The van der Waals surface area contributed by atoms with Gasteiger partial charge in [0.1, 0.15) is 0 Å². The van der Waals surface area contributed by atoms with Crippen molar-refractivity contribution in [2.45, 2.75) is 49.5 Å². The monoisotopic (exact) mass is 744 g/mol. The molecule has 0 N–H and O–H groups in total. The molecule has 6 rings (SSSR count). The number of fused-ring (bicyclic) bond motifs is 2. The molecule has 0 amide bonds. The molecule has 2 unspecified atom stereocenters. The number of allylic oxidation sites excluding steroid dienone is 16. The van der Waals surface area contributed by atoms with Crippen LogP contribution in [-0.2, 0) is 23.0 Å². The van der Waals surface area contributed by atoms with Gasteiger partial charge in [0.2, 0.25) is 0 Å². The summed E-state index contributed by atoms with van der Waals surface area (Å²) in [4.78, 5) is 0. The molecule has 0 nitrogen and oxygen atoms in total. The molecule has 0 bridgehead atoms. The summed E-state index contributed by atoms with van der Waals surface area (Å²) in [6.45, 7) is 6.38. The SMILES string of the molecule is CC1=[C-]C2=CC=CCC(c3ccccc3)C2=C1.CC1=[C-]C2=CC=CCC(c3ccccc3)C2=C1.C[Si](=[Hf+2])C(Cl)Cl. The Bertz CT molecular complexity index is 1350. The fourth-order valence-electron chi connectivity index (χ4n) is 5.13. The molecule has 2 aromatic carbocycles. The Morgan fingerprint density at radius 3 is 1.45 bits per heavy atom. The first-order valence-electron chi connectivity index (χ1n) is 13.6. The second kappa shape index (κ2) is 15.3. The summed E-state index contributed by atoms with van der Waals surface area (Å²) < 4.78 is -0.0401. The van der Waals surface area contributed by atoms with Crippen LogP contribution in [0, 0.1) is 12.2 Å². The first-order chi connectivity index (χ1) is 19.3. The average Bonchev–Trinajstić information content (AvgIpc) is 3.36. The van der Waals surface area contributed by atoms with Crippen LogP contribution in [0.2, 0.25) is 6.55 Å². The van der Waals surface area contributed by atoms with E-state index in [0.29, 0.717) is 11.8 Å². The van der Waals surface area contributed by atoms with E-state index in [2.05, 4.69) is 142 Å². The molecule has 0 spiro atoms. The second-order valence-corrected chi connectivity index (χ2v) is 22.5. The molecule has 0 radical (unpaired) electrons. The Morgan fingerprint density at radius 2 is 1.10 bits per heavy atom. The van der Waals surface area contributed by atoms with Gasteiger partial charge in [-0.25, -0.2) is 0 Å². The van der Waals surface area contributed by atoms with Gasteiger partial charge in [0, 0.05) is 0 Å². The summed E-state index contributed by atoms with van der Waals surface area (Å²) in [5.41, 5.74) is 10.3. The molecular weight excluding hydrogens is 710 g/mol. The Morgan fingerprint density at radius 1 is 0.725 bits per heavy atom. The zero-order chi connectivity index (χ0) is 28.5. The molecular formula is C36H34Cl2HfSi. The van der Waals surface area contributed by atoms with Crippen molar-refractivity contribution in [1.29, 1.82) is 0 Å². The number of hydrogen-bond acceptors (Lipinski definition) is 0. The number of alkyl halides is 2. The van der Waals surface area contributed by atoms with Crippen LogP contribution < -0.4 is 0 Å². The van der Waals surface area contributed by atoms with Gasteiger partial charge < -0.3 is 0 Å². The van der Waals surface area contributed by atoms with Gasteiger partial charge in [-0.15, -0.1) is 47.6 Å². The quantitative estimate of drug-likeness (QED) is 0.167. The number of hydrogen-bond donors (Lipinski definition) is 0. The van der Waals surface area contributed by atoms with Crippen LogP contribution in [0.1, 0.15) is 49.7 Å². The topological polar surface area (TPSA) is 0 Å². The van der Waals surface area contributed by atoms with Crippen LogP contribution in [0.4, 0.5) is 0 Å². The Hall–Kier alpha value is -1.97. The van der Waals surface area contributed by atoms with Crippen LogP contribution >= 0.6 is 23.2 Å². The molecule has 2 aromatic rings. The summed E-state index contributed by atoms with van der Waals surface area (Å²) in [5, 5.41) is 0. The van der Waals surface area contributed by atoms with Gasteiger partial charge in [0.15, 0.2) is 0 Å². The average molecular weight is 744 g/mol. The van der Waals surface area contributed by atoms with Crippen molar-refractivity contribution in [2.24, 2.45) is 0 Å². The Kier molecular flexibility index (Phi) is 11.9. The molecule has 0 aliphatic heterocycles. The van der Waals surface area contributed by atoms with Gasteiger partial charge in [0.05, 0.1) is 0 Å². The van der Waals surface area contributed by atoms with Crippen molar-refractivity contribution in [1.82, 2.24) is 0 Å². The predicted octanol–water partition coefficient (Wildman–Crippen LogP) is 10.2. The molecule has 4 aliphatic carbocycles. The van der Waals surface area contributed by atoms with Gasteiger partial charge >= 0.3 is 62.7 Å². The van der Waals surface area contributed by atoms with E-state index < -0.39 is 0 Å². The third kappa shape index (κ3) is 8.52. The molecule has 2 atom stereocenters. The van der Waals surface area contributed by atoms with Crippen LogP contribution in [0.5, 0.6) is 0 Å². The van der Waals surface area contributed by atoms with Gasteiger partial charge in [0.25, 0.3) is 0 Å². The molecule has 0 heterocycles. The molecule has 200 valence electrons. The van der Waals surface area contributed by atoms with Crippen molar-refractivity contribution in [3.05, 3.63) is 166 Å². The number of halogens is 2. The summed E-state index contributed by atoms with van der Waals surface area (Å²) in [5.74, 6) is 0.956. The van der Waals surface area contributed by atoms with E-state index in [-0.39, 0.29) is 9.95 Å². The minimum absolute atomic E-state index is 0.0401. The minimum atomic E-state index is -0.282. The first kappa shape index (κ1) is 31.0. The fraction of sp³-hybridized carbons (Fsp3) is 0.222. The van der Waals surface area contributed by atoms with Gasteiger partial charge in [-0.3, -0.25) is 0 Å². The molecule has 4 aliphatic rings. The standard InChI is InChI=1S/2C17H15.C2H4Cl2Si.Hf/c2*1-13-11-15-9-5-6-10-16(17(15)12-13)14-7-3-2-4-8-14;1-5-2(3)4;/h2*2-9,12,16H,10H2,1H3;2H,1H3;/q2*-1;;+2. The zero-order valence-electron chi connectivity index (χ0n) is 23.3. The van der Waals surface area contributed by atoms with Crippen molar-refractivity contribution >= 4 is 28.7 Å². The van der Waals surface area contributed by atoms with Gasteiger partial charge in [-0.2, -0.15) is 34.4 Å². The van der Waals surface area contributed by atoms with Crippen molar-refractivity contribution in [3.63, 3.8) is 0 Å². The number of benzene rings is 2. The van der Waals surface area contributed by atoms with Crippen LogP contribution in [0.25, 0.3) is 0 Å². The molecule has 4 heteroatoms. The van der Waals surface area contributed by atoms with Gasteiger partial charge in [-0.05, 0) is 35.8 Å². The molecule has 0 aromatic heterocycles. The van der Waals surface area contributed by atoms with E-state index in [0.717, 1.165) is 12.8 Å². The molecule has 0 saturated heterocycles. The van der Waals surface area contributed by atoms with Gasteiger partial charge in [-0.1, -0.05) is 86.7 Å². The van der Waals surface area contributed by atoms with Crippen LogP contribution in [-0.4, -0.2) is 9.95 Å². The van der Waals surface area contributed by atoms with Crippen molar-refractivity contribution in [3.8, 4) is 0 Å². The Labute approximate surface area is 265 Å². The van der Waals surface area contributed by atoms with E-state index >= 15 is 0 Å². The first-order valence-corrected chi connectivity index (χ1v) is 22.0. The van der Waals surface area contributed by atoms with E-state index in [1.165, 1.54) is 67.6 Å². The van der Waals surface area contributed by atoms with Crippen molar-refractivity contribution in [2.75, 3.05) is 0 Å². The van der Waals surface area contributed by atoms with E-state index in [1.807, 2.05) is 0 Å². The summed E-state index contributed by atoms with van der Waals surface area (Å²) >= 11 is 12.1. The summed E-state index contributed by atoms with van der Waals surface area (Å²) in [6.07, 6.45) is 26.7. The van der Waals surface area contributed by atoms with Crippen molar-refractivity contribution < 1.29 is 23.0 Å².